The van der Waals surface area contributed by atoms with E-state index in [4.69, 9.17) is 4.74 Å². The van der Waals surface area contributed by atoms with E-state index in [-0.39, 0.29) is 12.2 Å². The zero-order valence-corrected chi connectivity index (χ0v) is 9.75. The first-order chi connectivity index (χ1) is 6.65. The molecule has 84 valence electrons. The van der Waals surface area contributed by atoms with Crippen LogP contribution in [0.3, 0.4) is 0 Å². The lowest BCUT2D eigenvalue weighted by Crippen LogP contribution is -2.29. The first-order valence-electron chi connectivity index (χ1n) is 5.61. The first-order valence-corrected chi connectivity index (χ1v) is 5.61. The number of aliphatic hydroxyl groups excluding tert-OH is 1. The van der Waals surface area contributed by atoms with Crippen LogP contribution in [0.1, 0.15) is 46.5 Å². The van der Waals surface area contributed by atoms with Gasteiger partial charge < -0.3 is 9.84 Å². The Bertz CT molecular complexity index is 148. The molecule has 14 heavy (non-hydrogen) atoms. The third kappa shape index (κ3) is 5.40. The Hall–Kier alpha value is -0.340. The van der Waals surface area contributed by atoms with Gasteiger partial charge in [0.25, 0.3) is 0 Å². The van der Waals surface area contributed by atoms with Gasteiger partial charge in [-0.25, -0.2) is 0 Å². The number of aliphatic hydroxyl groups is 1. The van der Waals surface area contributed by atoms with E-state index in [0.29, 0.717) is 13.0 Å². The Morgan fingerprint density at radius 1 is 1.36 bits per heavy atom. The first kappa shape index (κ1) is 13.7. The molecule has 2 heteroatoms. The lowest BCUT2D eigenvalue weighted by Gasteiger charge is -2.22. The van der Waals surface area contributed by atoms with Crippen LogP contribution in [0.15, 0.2) is 12.2 Å². The summed E-state index contributed by atoms with van der Waals surface area (Å²) >= 11 is 0. The van der Waals surface area contributed by atoms with Gasteiger partial charge in [0, 0.05) is 6.61 Å². The van der Waals surface area contributed by atoms with E-state index in [1.807, 2.05) is 6.92 Å². The molecule has 2 nitrogen and oxygen atoms in total. The fourth-order valence-electron chi connectivity index (χ4n) is 1.46. The van der Waals surface area contributed by atoms with Gasteiger partial charge in [-0.15, -0.1) is 0 Å². The molecule has 0 aromatic heterocycles. The summed E-state index contributed by atoms with van der Waals surface area (Å²) in [6, 6.07) is 0. The molecule has 0 saturated heterocycles. The minimum absolute atomic E-state index is 0.0201. The van der Waals surface area contributed by atoms with Crippen LogP contribution >= 0.6 is 0 Å². The fraction of sp³-hybridized carbons (Fsp3) is 0.833. The van der Waals surface area contributed by atoms with Crippen molar-refractivity contribution in [2.45, 2.75) is 58.7 Å². The zero-order valence-electron chi connectivity index (χ0n) is 9.75. The molecule has 0 spiro atoms. The van der Waals surface area contributed by atoms with Crippen molar-refractivity contribution in [1.29, 1.82) is 0 Å². The van der Waals surface area contributed by atoms with Gasteiger partial charge in [-0.2, -0.15) is 0 Å². The molecule has 0 aromatic carbocycles. The Morgan fingerprint density at radius 3 is 2.43 bits per heavy atom. The molecule has 2 atom stereocenters. The molecule has 0 aromatic rings. The molecule has 1 N–H and O–H groups in total. The molecular weight excluding hydrogens is 176 g/mol. The SMILES string of the molecule is C=C(CC)CC(O)C(CCC)OCC. The van der Waals surface area contributed by atoms with E-state index in [9.17, 15) is 5.11 Å². The van der Waals surface area contributed by atoms with Crippen molar-refractivity contribution >= 4 is 0 Å². The molecule has 0 amide bonds. The van der Waals surface area contributed by atoms with Crippen LogP contribution < -0.4 is 0 Å². The molecular formula is C12H24O2. The second kappa shape index (κ2) is 8.01. The van der Waals surface area contributed by atoms with Crippen molar-refractivity contribution in [2.24, 2.45) is 0 Å². The minimum Gasteiger partial charge on any atom is -0.390 e. The summed E-state index contributed by atoms with van der Waals surface area (Å²) in [7, 11) is 0. The molecule has 0 bridgehead atoms. The summed E-state index contributed by atoms with van der Waals surface area (Å²) in [4.78, 5) is 0. The summed E-state index contributed by atoms with van der Waals surface area (Å²) in [5.41, 5.74) is 1.10. The quantitative estimate of drug-likeness (QED) is 0.610. The van der Waals surface area contributed by atoms with E-state index in [1.54, 1.807) is 0 Å². The van der Waals surface area contributed by atoms with E-state index in [1.165, 1.54) is 0 Å². The Morgan fingerprint density at radius 2 is 2.00 bits per heavy atom. The molecule has 0 heterocycles. The topological polar surface area (TPSA) is 29.5 Å². The van der Waals surface area contributed by atoms with E-state index in [2.05, 4.69) is 20.4 Å². The zero-order chi connectivity index (χ0) is 11.0. The van der Waals surface area contributed by atoms with Gasteiger partial charge in [0.2, 0.25) is 0 Å². The molecule has 0 aliphatic rings. The molecule has 0 aliphatic heterocycles. The second-order valence-electron chi connectivity index (χ2n) is 3.66. The highest BCUT2D eigenvalue weighted by atomic mass is 16.5. The average molecular weight is 200 g/mol. The third-order valence-corrected chi connectivity index (χ3v) is 2.38. The van der Waals surface area contributed by atoms with Crippen molar-refractivity contribution in [3.8, 4) is 0 Å². The summed E-state index contributed by atoms with van der Waals surface area (Å²) in [5.74, 6) is 0. The normalized spacial score (nSPS) is 15.1. The van der Waals surface area contributed by atoms with Crippen LogP contribution in [-0.4, -0.2) is 23.9 Å². The smallest absolute Gasteiger partial charge is 0.0838 e. The predicted molar refractivity (Wildman–Crippen MR) is 60.4 cm³/mol. The second-order valence-corrected chi connectivity index (χ2v) is 3.66. The lowest BCUT2D eigenvalue weighted by atomic mass is 10.0. The Labute approximate surface area is 88.0 Å². The van der Waals surface area contributed by atoms with Crippen LogP contribution in [0.2, 0.25) is 0 Å². The van der Waals surface area contributed by atoms with E-state index >= 15 is 0 Å². The highest BCUT2D eigenvalue weighted by Gasteiger charge is 2.18. The molecule has 0 radical (unpaired) electrons. The highest BCUT2D eigenvalue weighted by Crippen LogP contribution is 2.15. The Balaban J connectivity index is 3.99. The number of hydrogen-bond acceptors (Lipinski definition) is 2. The molecule has 0 fully saturated rings. The minimum atomic E-state index is -0.387. The molecule has 0 saturated carbocycles. The van der Waals surface area contributed by atoms with Crippen LogP contribution in [0.4, 0.5) is 0 Å². The average Bonchev–Trinajstić information content (AvgIpc) is 2.17. The maximum atomic E-state index is 9.89. The van der Waals surface area contributed by atoms with Gasteiger partial charge >= 0.3 is 0 Å². The van der Waals surface area contributed by atoms with E-state index < -0.39 is 0 Å². The van der Waals surface area contributed by atoms with Gasteiger partial charge in [-0.05, 0) is 26.2 Å². The van der Waals surface area contributed by atoms with Gasteiger partial charge in [-0.3, -0.25) is 0 Å². The number of rotatable bonds is 8. The van der Waals surface area contributed by atoms with Gasteiger partial charge in [0.05, 0.1) is 12.2 Å². The van der Waals surface area contributed by atoms with E-state index in [0.717, 1.165) is 24.8 Å². The monoisotopic (exact) mass is 200 g/mol. The van der Waals surface area contributed by atoms with Crippen molar-refractivity contribution in [2.75, 3.05) is 6.61 Å². The van der Waals surface area contributed by atoms with Crippen LogP contribution in [-0.2, 0) is 4.74 Å². The summed E-state index contributed by atoms with van der Waals surface area (Å²) in [5, 5.41) is 9.89. The molecule has 2 unspecified atom stereocenters. The van der Waals surface area contributed by atoms with Crippen molar-refractivity contribution in [3.63, 3.8) is 0 Å². The predicted octanol–water partition coefficient (Wildman–Crippen LogP) is 2.91. The van der Waals surface area contributed by atoms with Crippen LogP contribution in [0, 0.1) is 0 Å². The number of hydrogen-bond donors (Lipinski definition) is 1. The van der Waals surface area contributed by atoms with Crippen molar-refractivity contribution in [3.05, 3.63) is 12.2 Å². The van der Waals surface area contributed by atoms with Crippen molar-refractivity contribution in [1.82, 2.24) is 0 Å². The van der Waals surface area contributed by atoms with Crippen LogP contribution in [0.25, 0.3) is 0 Å². The maximum absolute atomic E-state index is 9.89. The Kier molecular flexibility index (Phi) is 7.81. The largest absolute Gasteiger partial charge is 0.390 e. The summed E-state index contributed by atoms with van der Waals surface area (Å²) in [6.07, 6.45) is 3.16. The fourth-order valence-corrected chi connectivity index (χ4v) is 1.46. The lowest BCUT2D eigenvalue weighted by molar-refractivity contribution is -0.0364. The van der Waals surface area contributed by atoms with Gasteiger partial charge in [0.15, 0.2) is 0 Å². The van der Waals surface area contributed by atoms with Crippen molar-refractivity contribution < 1.29 is 9.84 Å². The molecule has 0 aliphatic carbocycles. The summed E-state index contributed by atoms with van der Waals surface area (Å²) in [6.45, 7) is 10.7. The number of ether oxygens (including phenoxy) is 1. The van der Waals surface area contributed by atoms with Gasteiger partial charge in [-0.1, -0.05) is 32.4 Å². The third-order valence-electron chi connectivity index (χ3n) is 2.38. The maximum Gasteiger partial charge on any atom is 0.0838 e. The molecule has 0 rings (SSSR count). The van der Waals surface area contributed by atoms with Gasteiger partial charge in [0.1, 0.15) is 0 Å². The summed E-state index contributed by atoms with van der Waals surface area (Å²) < 4.78 is 5.50. The highest BCUT2D eigenvalue weighted by molar-refractivity contribution is 4.96. The van der Waals surface area contributed by atoms with Crippen LogP contribution in [0.5, 0.6) is 0 Å². The standard InChI is InChI=1S/C12H24O2/c1-5-8-12(14-7-3)11(13)9-10(4)6-2/h11-13H,4-9H2,1-3H3.